The van der Waals surface area contributed by atoms with Crippen molar-refractivity contribution in [2.24, 2.45) is 0 Å². The molecule has 28 heavy (non-hydrogen) atoms. The highest BCUT2D eigenvalue weighted by atomic mass is 15.1. The number of fused-ring (bicyclic) bond motifs is 12. The molecule has 4 heterocycles. The lowest BCUT2D eigenvalue weighted by molar-refractivity contribution is 1.23. The van der Waals surface area contributed by atoms with Crippen LogP contribution < -0.4 is 0 Å². The van der Waals surface area contributed by atoms with Gasteiger partial charge in [-0.3, -0.25) is 9.38 Å². The van der Waals surface area contributed by atoms with Crippen LogP contribution in [0.25, 0.3) is 49.6 Å². The van der Waals surface area contributed by atoms with Crippen LogP contribution in [0.2, 0.25) is 0 Å². The van der Waals surface area contributed by atoms with Gasteiger partial charge in [-0.2, -0.15) is 0 Å². The van der Waals surface area contributed by atoms with Crippen LogP contribution in [0.5, 0.6) is 0 Å². The molecule has 7 rings (SSSR count). The molecule has 4 aromatic heterocycles. The van der Waals surface area contributed by atoms with Crippen molar-refractivity contribution in [1.29, 1.82) is 0 Å². The summed E-state index contributed by atoms with van der Waals surface area (Å²) >= 11 is 0. The van der Waals surface area contributed by atoms with E-state index in [1.54, 1.807) is 0 Å². The van der Waals surface area contributed by atoms with Crippen molar-refractivity contribution in [2.45, 2.75) is 6.42 Å². The minimum Gasteiger partial charge on any atom is -0.276 e. The number of benzene rings is 2. The number of imidazole rings is 1. The van der Waals surface area contributed by atoms with Crippen LogP contribution in [0.1, 0.15) is 11.1 Å². The Kier molecular flexibility index (Phi) is 2.51. The maximum Gasteiger partial charge on any atom is 0.164 e. The number of hydrogen-bond donors (Lipinski definition) is 0. The topological polar surface area (TPSA) is 43.1 Å². The summed E-state index contributed by atoms with van der Waals surface area (Å²) in [5.74, 6) is 0. The summed E-state index contributed by atoms with van der Waals surface area (Å²) in [5.41, 5.74) is 9.29. The van der Waals surface area contributed by atoms with Gasteiger partial charge in [0, 0.05) is 34.7 Å². The van der Waals surface area contributed by atoms with Gasteiger partial charge in [0.25, 0.3) is 0 Å². The lowest BCUT2D eigenvalue weighted by atomic mass is 9.97. The molecule has 0 amide bonds. The Labute approximate surface area is 160 Å². The van der Waals surface area contributed by atoms with E-state index in [4.69, 9.17) is 4.98 Å². The van der Waals surface area contributed by atoms with E-state index in [0.29, 0.717) is 0 Å². The lowest BCUT2D eigenvalue weighted by Crippen LogP contribution is -1.95. The Balaban J connectivity index is 1.77. The molecule has 0 fully saturated rings. The molecule has 0 aliphatic heterocycles. The van der Waals surface area contributed by atoms with Crippen molar-refractivity contribution in [1.82, 2.24) is 19.4 Å². The Morgan fingerprint density at radius 2 is 1.75 bits per heavy atom. The van der Waals surface area contributed by atoms with Gasteiger partial charge >= 0.3 is 0 Å². The molecule has 130 valence electrons. The quantitative estimate of drug-likeness (QED) is 0.352. The average Bonchev–Trinajstić information content (AvgIpc) is 3.32. The fourth-order valence-corrected chi connectivity index (χ4v) is 4.80. The zero-order valence-corrected chi connectivity index (χ0v) is 14.9. The number of rotatable bonds is 0. The Bertz CT molecular complexity index is 1590. The predicted molar refractivity (Wildman–Crippen MR) is 112 cm³/mol. The summed E-state index contributed by atoms with van der Waals surface area (Å²) in [5, 5.41) is 3.57. The Hall–Kier alpha value is -3.79. The molecule has 0 spiro atoms. The molecular formula is C24H14N4. The molecule has 0 atom stereocenters. The summed E-state index contributed by atoms with van der Waals surface area (Å²) < 4.78 is 2.17. The highest BCUT2D eigenvalue weighted by Gasteiger charge is 2.23. The third kappa shape index (κ3) is 1.63. The Morgan fingerprint density at radius 3 is 2.75 bits per heavy atom. The van der Waals surface area contributed by atoms with E-state index < -0.39 is 0 Å². The van der Waals surface area contributed by atoms with Gasteiger partial charge in [0.2, 0.25) is 0 Å². The molecule has 0 saturated carbocycles. The summed E-state index contributed by atoms with van der Waals surface area (Å²) in [6.45, 7) is 0. The van der Waals surface area contributed by atoms with Crippen molar-refractivity contribution in [3.63, 3.8) is 0 Å². The van der Waals surface area contributed by atoms with Crippen LogP contribution in [0, 0.1) is 0 Å². The third-order valence-electron chi connectivity index (χ3n) is 5.95. The van der Waals surface area contributed by atoms with Crippen molar-refractivity contribution in [3.8, 4) is 11.1 Å². The minimum absolute atomic E-state index is 0.888. The molecule has 0 saturated heterocycles. The van der Waals surface area contributed by atoms with E-state index in [-0.39, 0.29) is 0 Å². The zero-order valence-electron chi connectivity index (χ0n) is 14.9. The van der Waals surface area contributed by atoms with Gasteiger partial charge in [-0.05, 0) is 52.9 Å². The van der Waals surface area contributed by atoms with Crippen LogP contribution >= 0.6 is 0 Å². The second kappa shape index (κ2) is 4.93. The molecule has 6 aromatic rings. The molecule has 1 aliphatic carbocycles. The SMILES string of the molecule is c1ccc2c(c1)Cc1c-2ccc2c1c1cnccc1n1c3ncccc3nc21. The second-order valence-corrected chi connectivity index (χ2v) is 7.36. The van der Waals surface area contributed by atoms with E-state index in [2.05, 4.69) is 56.8 Å². The molecule has 1 aliphatic rings. The van der Waals surface area contributed by atoms with Crippen molar-refractivity contribution >= 4 is 38.5 Å². The largest absolute Gasteiger partial charge is 0.276 e. The smallest absolute Gasteiger partial charge is 0.164 e. The fourth-order valence-electron chi connectivity index (χ4n) is 4.80. The molecule has 0 N–H and O–H groups in total. The van der Waals surface area contributed by atoms with E-state index >= 15 is 0 Å². The van der Waals surface area contributed by atoms with Crippen molar-refractivity contribution in [3.05, 3.63) is 84.3 Å². The number of nitrogens with zero attached hydrogens (tertiary/aromatic N) is 4. The van der Waals surface area contributed by atoms with Gasteiger partial charge in [-0.1, -0.05) is 30.3 Å². The van der Waals surface area contributed by atoms with Crippen LogP contribution in [0.4, 0.5) is 0 Å². The van der Waals surface area contributed by atoms with E-state index in [1.807, 2.05) is 30.7 Å². The predicted octanol–water partition coefficient (Wildman–Crippen LogP) is 5.16. The maximum absolute atomic E-state index is 4.95. The highest BCUT2D eigenvalue weighted by molar-refractivity contribution is 6.16. The third-order valence-corrected chi connectivity index (χ3v) is 5.95. The maximum atomic E-state index is 4.95. The first-order chi connectivity index (χ1) is 13.9. The number of pyridine rings is 3. The molecule has 2 aromatic carbocycles. The van der Waals surface area contributed by atoms with Crippen molar-refractivity contribution in [2.75, 3.05) is 0 Å². The molecule has 0 bridgehead atoms. The van der Waals surface area contributed by atoms with Crippen LogP contribution in [-0.2, 0) is 6.42 Å². The van der Waals surface area contributed by atoms with Crippen LogP contribution in [-0.4, -0.2) is 19.4 Å². The van der Waals surface area contributed by atoms with Crippen LogP contribution in [0.3, 0.4) is 0 Å². The van der Waals surface area contributed by atoms with E-state index in [9.17, 15) is 0 Å². The summed E-state index contributed by atoms with van der Waals surface area (Å²) in [6.07, 6.45) is 6.60. The summed E-state index contributed by atoms with van der Waals surface area (Å²) in [6, 6.07) is 19.2. The van der Waals surface area contributed by atoms with Gasteiger partial charge < -0.3 is 0 Å². The minimum atomic E-state index is 0.888. The van der Waals surface area contributed by atoms with Gasteiger partial charge in [0.1, 0.15) is 11.2 Å². The molecule has 4 nitrogen and oxygen atoms in total. The molecule has 0 unspecified atom stereocenters. The Morgan fingerprint density at radius 1 is 0.786 bits per heavy atom. The monoisotopic (exact) mass is 358 g/mol. The molecule has 4 heteroatoms. The first-order valence-corrected chi connectivity index (χ1v) is 9.43. The average molecular weight is 358 g/mol. The lowest BCUT2D eigenvalue weighted by Gasteiger charge is -2.12. The summed E-state index contributed by atoms with van der Waals surface area (Å²) in [7, 11) is 0. The number of hydrogen-bond acceptors (Lipinski definition) is 3. The van der Waals surface area contributed by atoms with E-state index in [1.165, 1.54) is 27.6 Å². The highest BCUT2D eigenvalue weighted by Crippen LogP contribution is 2.43. The van der Waals surface area contributed by atoms with Gasteiger partial charge in [0.05, 0.1) is 5.52 Å². The first kappa shape index (κ1) is 14.3. The standard InChI is InChI=1S/C24H14N4/c1-2-5-15-14(4-1)12-18-16(15)7-8-17-22(18)19-13-25-11-9-21(19)28-23(17)27-20-6-3-10-26-24(20)28/h1-11,13H,12H2. The first-order valence-electron chi connectivity index (χ1n) is 9.43. The van der Waals surface area contributed by atoms with Crippen LogP contribution in [0.15, 0.2) is 73.2 Å². The number of aromatic nitrogens is 4. The van der Waals surface area contributed by atoms with Gasteiger partial charge in [0.15, 0.2) is 5.65 Å². The van der Waals surface area contributed by atoms with E-state index in [0.717, 1.165) is 39.5 Å². The normalized spacial score (nSPS) is 12.9. The molecule has 0 radical (unpaired) electrons. The second-order valence-electron chi connectivity index (χ2n) is 7.36. The fraction of sp³-hybridized carbons (Fsp3) is 0.0417. The van der Waals surface area contributed by atoms with Crippen molar-refractivity contribution < 1.29 is 0 Å². The summed E-state index contributed by atoms with van der Waals surface area (Å²) in [4.78, 5) is 14.0. The zero-order chi connectivity index (χ0) is 18.2. The van der Waals surface area contributed by atoms with Gasteiger partial charge in [-0.25, -0.2) is 9.97 Å². The van der Waals surface area contributed by atoms with Gasteiger partial charge in [-0.15, -0.1) is 0 Å². The molecular weight excluding hydrogens is 344 g/mol.